The first-order valence-corrected chi connectivity index (χ1v) is 29.0. The van der Waals surface area contributed by atoms with Gasteiger partial charge in [0.2, 0.25) is 0 Å². The molecule has 63 heavy (non-hydrogen) atoms. The number of rotatable bonds is 10. The molecule has 0 N–H and O–H groups in total. The van der Waals surface area contributed by atoms with Crippen LogP contribution in [0.1, 0.15) is 134 Å². The molecule has 2 unspecified atom stereocenters. The van der Waals surface area contributed by atoms with Crippen LogP contribution in [-0.4, -0.2) is 11.6 Å². The standard InChI is InChI=1S/2C26H29.C4H7F3Si.2ClH.Zr/c2*1-3-19(2)22-12-14-23(15-13-22)25-11-7-10-24-17-21(18-26(24)25)16-20-8-5-4-6-9-20;1-8-3-2-4(5,6)7;;;/h2*7,10-16,18-20H,3-6,8-9H2,1-2H3;2-3H2,1H3;2*1H;/q2*-1;;;;+2/p-2. The predicted octanol–water partition coefficient (Wildman–Crippen LogP) is 7.77. The Morgan fingerprint density at radius 3 is 1.32 bits per heavy atom. The molecular weight excluding hydrogens is 920 g/mol. The van der Waals surface area contributed by atoms with Gasteiger partial charge in [-0.05, 0) is 58.8 Å². The van der Waals surface area contributed by atoms with Crippen molar-refractivity contribution in [2.75, 3.05) is 0 Å². The van der Waals surface area contributed by atoms with Crippen molar-refractivity contribution in [3.05, 3.63) is 140 Å². The Morgan fingerprint density at radius 2 is 1.00 bits per heavy atom. The summed E-state index contributed by atoms with van der Waals surface area (Å²) < 4.78 is 34.3. The average Bonchev–Trinajstić information content (AvgIpc) is 3.89. The molecule has 0 bridgehead atoms. The second-order valence-electron chi connectivity index (χ2n) is 17.9. The summed E-state index contributed by atoms with van der Waals surface area (Å²) in [5.41, 5.74) is 10.1. The van der Waals surface area contributed by atoms with E-state index in [9.17, 15) is 13.2 Å². The molecule has 0 saturated heterocycles. The second kappa shape index (κ2) is 25.9. The van der Waals surface area contributed by atoms with Crippen LogP contribution in [0.5, 0.6) is 0 Å². The number of halogens is 5. The van der Waals surface area contributed by atoms with Gasteiger partial charge in [0.25, 0.3) is 0 Å². The van der Waals surface area contributed by atoms with Crippen LogP contribution in [0.15, 0.2) is 108 Å². The fraction of sp³-hybridized carbons (Fsp3) is 0.429. The zero-order valence-electron chi connectivity index (χ0n) is 38.0. The maximum absolute atomic E-state index is 11.4. The fourth-order valence-electron chi connectivity index (χ4n) is 8.93. The molecule has 4 aromatic carbocycles. The van der Waals surface area contributed by atoms with Crippen LogP contribution in [0.2, 0.25) is 12.6 Å². The van der Waals surface area contributed by atoms with E-state index in [0.717, 1.165) is 11.8 Å². The number of benzene rings is 4. The molecule has 0 amide bonds. The van der Waals surface area contributed by atoms with Crippen LogP contribution in [0.4, 0.5) is 13.2 Å². The normalized spacial score (nSPS) is 17.9. The predicted molar refractivity (Wildman–Crippen MR) is 252 cm³/mol. The first-order valence-electron chi connectivity index (χ1n) is 23.1. The van der Waals surface area contributed by atoms with Crippen LogP contribution >= 0.6 is 0 Å². The molecule has 0 radical (unpaired) electrons. The molecule has 4 aliphatic carbocycles. The minimum Gasteiger partial charge on any atom is -1.00 e. The molecule has 0 aliphatic heterocycles. The van der Waals surface area contributed by atoms with Crippen molar-refractivity contribution in [3.63, 3.8) is 0 Å². The Hall–Kier alpha value is -2.69. The van der Waals surface area contributed by atoms with E-state index in [4.69, 9.17) is 0 Å². The van der Waals surface area contributed by atoms with Gasteiger partial charge >= 0.3 is 67.1 Å². The summed E-state index contributed by atoms with van der Waals surface area (Å²) >= 11 is 1.29. The third-order valence-electron chi connectivity index (χ3n) is 13.1. The minimum atomic E-state index is -3.93. The van der Waals surface area contributed by atoms with Crippen LogP contribution in [0, 0.1) is 11.8 Å². The number of fused-ring (bicyclic) bond motifs is 2. The van der Waals surface area contributed by atoms with Crippen molar-refractivity contribution in [3.8, 4) is 22.3 Å². The van der Waals surface area contributed by atoms with Gasteiger partial charge in [-0.25, -0.2) is 0 Å². The molecule has 2 saturated carbocycles. The van der Waals surface area contributed by atoms with Gasteiger partial charge in [0.1, 0.15) is 0 Å². The Bertz CT molecular complexity index is 2250. The summed E-state index contributed by atoms with van der Waals surface area (Å²) in [6.45, 7) is 11.0. The van der Waals surface area contributed by atoms with Gasteiger partial charge in [0.15, 0.2) is 0 Å². The molecule has 0 nitrogen and oxygen atoms in total. The van der Waals surface area contributed by atoms with E-state index in [1.54, 1.807) is 0 Å². The van der Waals surface area contributed by atoms with Crippen molar-refractivity contribution in [2.24, 2.45) is 11.8 Å². The minimum absolute atomic E-state index is 0. The van der Waals surface area contributed by atoms with E-state index in [1.807, 2.05) is 6.55 Å². The van der Waals surface area contributed by atoms with Gasteiger partial charge < -0.3 is 24.8 Å². The van der Waals surface area contributed by atoms with Gasteiger partial charge in [0.05, 0.1) is 0 Å². The maximum Gasteiger partial charge on any atom is -1.00 e. The van der Waals surface area contributed by atoms with Gasteiger partial charge in [-0.1, -0.05) is 176 Å². The molecule has 0 aromatic heterocycles. The zero-order valence-corrected chi connectivity index (χ0v) is 43.0. The molecule has 7 heteroatoms. The molecule has 2 atom stereocenters. The molecule has 0 spiro atoms. The SMILES string of the molecule is CCC(C)c1ccc(-c2cccc3c2=CC(=CC2CCCCC2)[C-]=3)cc1.CCC(C)c1ccc(-c2cccc3c2=CC(=CC2CCCCC2)[C-]=3)cc1.C[Si](=[Zr+2])CCC(F)(F)F.[Cl-].[Cl-]. The van der Waals surface area contributed by atoms with E-state index in [2.05, 4.69) is 149 Å². The first kappa shape index (κ1) is 52.9. The van der Waals surface area contributed by atoms with E-state index in [-0.39, 0.29) is 24.8 Å². The van der Waals surface area contributed by atoms with E-state index < -0.39 is 18.0 Å². The monoisotopic (exact) mass is 982 g/mol. The number of alkyl halides is 3. The molecular formula is C56H65Cl2F3SiZr-2. The Labute approximate surface area is 404 Å². The van der Waals surface area contributed by atoms with Gasteiger partial charge in [-0.3, -0.25) is 0 Å². The second-order valence-corrected chi connectivity index (χ2v) is 26.2. The summed E-state index contributed by atoms with van der Waals surface area (Å²) in [5.74, 6) is 2.75. The molecule has 2 fully saturated rings. The zero-order chi connectivity index (χ0) is 43.4. The van der Waals surface area contributed by atoms with Crippen molar-refractivity contribution in [1.29, 1.82) is 0 Å². The largest absolute Gasteiger partial charge is 1.00 e. The smallest absolute Gasteiger partial charge is 1.00 e. The summed E-state index contributed by atoms with van der Waals surface area (Å²) in [4.78, 5) is 0. The third kappa shape index (κ3) is 15.7. The number of hydrogen-bond donors (Lipinski definition) is 0. The van der Waals surface area contributed by atoms with Crippen molar-refractivity contribution >= 4 is 29.7 Å². The fourth-order valence-corrected chi connectivity index (χ4v) is 10.5. The first-order chi connectivity index (χ1) is 29.4. The quantitative estimate of drug-likeness (QED) is 0.113. The Balaban J connectivity index is 0.000000226. The van der Waals surface area contributed by atoms with E-state index >= 15 is 0 Å². The van der Waals surface area contributed by atoms with Crippen molar-refractivity contribution in [1.82, 2.24) is 0 Å². The third-order valence-corrected chi connectivity index (χ3v) is 15.9. The molecule has 4 aliphatic rings. The Morgan fingerprint density at radius 1 is 0.619 bits per heavy atom. The van der Waals surface area contributed by atoms with Crippen LogP contribution in [0.3, 0.4) is 0 Å². The van der Waals surface area contributed by atoms with E-state index in [1.165, 1.54) is 166 Å². The average molecular weight is 985 g/mol. The van der Waals surface area contributed by atoms with E-state index in [0.29, 0.717) is 17.9 Å². The van der Waals surface area contributed by atoms with Crippen molar-refractivity contribution < 1.29 is 61.3 Å². The number of allylic oxidation sites excluding steroid dienone is 4. The Kier molecular flexibility index (Phi) is 21.7. The molecule has 0 heterocycles. The summed E-state index contributed by atoms with van der Waals surface area (Å²) in [5, 5.41) is 5.17. The van der Waals surface area contributed by atoms with Crippen LogP contribution in [0.25, 0.3) is 46.6 Å². The molecule has 8 rings (SSSR count). The van der Waals surface area contributed by atoms with Gasteiger partial charge in [-0.2, -0.15) is 0 Å². The van der Waals surface area contributed by atoms with Crippen LogP contribution < -0.4 is 45.7 Å². The summed E-state index contributed by atoms with van der Waals surface area (Å²) in [7, 11) is 0. The molecule has 334 valence electrons. The maximum atomic E-state index is 11.4. The molecule has 4 aromatic rings. The van der Waals surface area contributed by atoms with Gasteiger partial charge in [-0.15, -0.1) is 80.6 Å². The van der Waals surface area contributed by atoms with Gasteiger partial charge in [0, 0.05) is 0 Å². The summed E-state index contributed by atoms with van der Waals surface area (Å²) in [6.07, 6.45) is 28.5. The summed E-state index contributed by atoms with van der Waals surface area (Å²) in [6, 6.07) is 31.9. The number of hydrogen-bond acceptors (Lipinski definition) is 0. The topological polar surface area (TPSA) is 0 Å². The van der Waals surface area contributed by atoms with Crippen LogP contribution in [-0.2, 0) is 23.3 Å². The van der Waals surface area contributed by atoms with Crippen molar-refractivity contribution in [2.45, 2.75) is 142 Å².